The molecule has 16 heavy (non-hydrogen) atoms. The molecule has 1 N–H and O–H groups in total. The van der Waals surface area contributed by atoms with Gasteiger partial charge >= 0.3 is 0 Å². The van der Waals surface area contributed by atoms with Crippen LogP contribution >= 0.6 is 11.6 Å². The molecule has 1 aromatic heterocycles. The number of aromatic nitrogens is 1. The lowest BCUT2D eigenvalue weighted by Gasteiger charge is -2.14. The Bertz CT molecular complexity index is 485. The van der Waals surface area contributed by atoms with Crippen molar-refractivity contribution in [3.63, 3.8) is 0 Å². The van der Waals surface area contributed by atoms with Crippen molar-refractivity contribution in [2.75, 3.05) is 0 Å². The fourth-order valence-electron chi connectivity index (χ4n) is 1.61. The van der Waals surface area contributed by atoms with Crippen molar-refractivity contribution in [1.29, 1.82) is 0 Å². The summed E-state index contributed by atoms with van der Waals surface area (Å²) < 4.78 is 0. The summed E-state index contributed by atoms with van der Waals surface area (Å²) in [6, 6.07) is 9.47. The molecule has 0 amide bonds. The van der Waals surface area contributed by atoms with Gasteiger partial charge in [-0.15, -0.1) is 0 Å². The standard InChI is InChI=1S/C13H12ClNO/c1-9-11(7-15-8-12(9)14)13(16)10-5-3-2-4-6-10/h2-8,13,16H,1H3. The Hall–Kier alpha value is -1.38. The molecule has 0 aliphatic carbocycles. The van der Waals surface area contributed by atoms with Crippen LogP contribution in [0.2, 0.25) is 5.02 Å². The number of pyridine rings is 1. The maximum Gasteiger partial charge on any atom is 0.106 e. The SMILES string of the molecule is Cc1c(Cl)cncc1C(O)c1ccccc1. The maximum absolute atomic E-state index is 10.2. The minimum absolute atomic E-state index is 0.576. The van der Waals surface area contributed by atoms with Crippen LogP contribution in [0, 0.1) is 6.92 Å². The van der Waals surface area contributed by atoms with Gasteiger partial charge in [0.25, 0.3) is 0 Å². The van der Waals surface area contributed by atoms with E-state index in [-0.39, 0.29) is 0 Å². The molecule has 2 aromatic rings. The van der Waals surface area contributed by atoms with Gasteiger partial charge in [0.05, 0.1) is 5.02 Å². The van der Waals surface area contributed by atoms with E-state index in [2.05, 4.69) is 4.98 Å². The van der Waals surface area contributed by atoms with E-state index in [1.807, 2.05) is 37.3 Å². The molecule has 3 heteroatoms. The zero-order chi connectivity index (χ0) is 11.5. The smallest absolute Gasteiger partial charge is 0.106 e. The van der Waals surface area contributed by atoms with Gasteiger partial charge in [0.2, 0.25) is 0 Å². The Labute approximate surface area is 99.5 Å². The first-order valence-electron chi connectivity index (χ1n) is 5.03. The Balaban J connectivity index is 2.42. The Kier molecular flexibility index (Phi) is 3.22. The normalized spacial score (nSPS) is 12.4. The lowest BCUT2D eigenvalue weighted by molar-refractivity contribution is 0.219. The van der Waals surface area contributed by atoms with Crippen LogP contribution in [0.5, 0.6) is 0 Å². The average molecular weight is 234 g/mol. The highest BCUT2D eigenvalue weighted by atomic mass is 35.5. The predicted octanol–water partition coefficient (Wildman–Crippen LogP) is 3.13. The third-order valence-corrected chi connectivity index (χ3v) is 2.98. The van der Waals surface area contributed by atoms with Gasteiger partial charge in [-0.1, -0.05) is 41.9 Å². The summed E-state index contributed by atoms with van der Waals surface area (Å²) in [5.41, 5.74) is 2.46. The summed E-state index contributed by atoms with van der Waals surface area (Å²) in [5.74, 6) is 0. The highest BCUT2D eigenvalue weighted by Crippen LogP contribution is 2.27. The number of benzene rings is 1. The molecule has 0 aliphatic rings. The monoisotopic (exact) mass is 233 g/mol. The van der Waals surface area contributed by atoms with Crippen LogP contribution in [-0.4, -0.2) is 10.1 Å². The molecule has 2 rings (SSSR count). The number of nitrogens with zero attached hydrogens (tertiary/aromatic N) is 1. The van der Waals surface area contributed by atoms with Gasteiger partial charge in [-0.05, 0) is 18.1 Å². The summed E-state index contributed by atoms with van der Waals surface area (Å²) in [4.78, 5) is 4.00. The number of halogens is 1. The number of hydrogen-bond donors (Lipinski definition) is 1. The molecule has 1 aromatic carbocycles. The molecule has 1 atom stereocenters. The van der Waals surface area contributed by atoms with Crippen molar-refractivity contribution in [2.24, 2.45) is 0 Å². The topological polar surface area (TPSA) is 33.1 Å². The maximum atomic E-state index is 10.2. The van der Waals surface area contributed by atoms with Crippen molar-refractivity contribution in [3.05, 3.63) is 64.4 Å². The molecule has 0 bridgehead atoms. The number of aliphatic hydroxyl groups is 1. The number of rotatable bonds is 2. The lowest BCUT2D eigenvalue weighted by atomic mass is 10.00. The first kappa shape index (κ1) is 11.1. The summed E-state index contributed by atoms with van der Waals surface area (Å²) in [5, 5.41) is 10.8. The van der Waals surface area contributed by atoms with Crippen molar-refractivity contribution < 1.29 is 5.11 Å². The van der Waals surface area contributed by atoms with E-state index in [0.717, 1.165) is 16.7 Å². The van der Waals surface area contributed by atoms with E-state index in [1.54, 1.807) is 12.4 Å². The van der Waals surface area contributed by atoms with Gasteiger partial charge in [0, 0.05) is 18.0 Å². The largest absolute Gasteiger partial charge is 0.384 e. The lowest BCUT2D eigenvalue weighted by Crippen LogP contribution is -2.02. The van der Waals surface area contributed by atoms with Gasteiger partial charge < -0.3 is 5.11 Å². The summed E-state index contributed by atoms with van der Waals surface area (Å²) in [6.07, 6.45) is 2.56. The molecule has 0 fully saturated rings. The highest BCUT2D eigenvalue weighted by Gasteiger charge is 2.14. The summed E-state index contributed by atoms with van der Waals surface area (Å²) in [6.45, 7) is 1.88. The van der Waals surface area contributed by atoms with Crippen LogP contribution in [0.4, 0.5) is 0 Å². The fraction of sp³-hybridized carbons (Fsp3) is 0.154. The molecule has 0 aliphatic heterocycles. The van der Waals surface area contributed by atoms with Gasteiger partial charge in [-0.25, -0.2) is 0 Å². The van der Waals surface area contributed by atoms with E-state index in [9.17, 15) is 5.11 Å². The van der Waals surface area contributed by atoms with Gasteiger partial charge in [-0.3, -0.25) is 4.98 Å². The molecule has 0 spiro atoms. The third kappa shape index (κ3) is 2.08. The molecule has 0 saturated carbocycles. The second-order valence-corrected chi connectivity index (χ2v) is 4.06. The zero-order valence-corrected chi connectivity index (χ0v) is 9.65. The minimum atomic E-state index is -0.674. The Morgan fingerprint density at radius 2 is 1.88 bits per heavy atom. The second kappa shape index (κ2) is 4.64. The van der Waals surface area contributed by atoms with Crippen molar-refractivity contribution >= 4 is 11.6 Å². The van der Waals surface area contributed by atoms with Gasteiger partial charge in [0.1, 0.15) is 6.10 Å². The van der Waals surface area contributed by atoms with E-state index in [0.29, 0.717) is 5.02 Å². The van der Waals surface area contributed by atoms with Crippen LogP contribution in [-0.2, 0) is 0 Å². The van der Waals surface area contributed by atoms with Crippen LogP contribution < -0.4 is 0 Å². The molecule has 2 nitrogen and oxygen atoms in total. The quantitative estimate of drug-likeness (QED) is 0.865. The second-order valence-electron chi connectivity index (χ2n) is 3.65. The van der Waals surface area contributed by atoms with E-state index < -0.39 is 6.10 Å². The number of aliphatic hydroxyl groups excluding tert-OH is 1. The van der Waals surface area contributed by atoms with Gasteiger partial charge in [0.15, 0.2) is 0 Å². The average Bonchev–Trinajstić information content (AvgIpc) is 2.33. The van der Waals surface area contributed by atoms with Crippen molar-refractivity contribution in [3.8, 4) is 0 Å². The van der Waals surface area contributed by atoms with Crippen molar-refractivity contribution in [1.82, 2.24) is 4.98 Å². The summed E-state index contributed by atoms with van der Waals surface area (Å²) in [7, 11) is 0. The first-order chi connectivity index (χ1) is 7.70. The molecular weight excluding hydrogens is 222 g/mol. The first-order valence-corrected chi connectivity index (χ1v) is 5.41. The van der Waals surface area contributed by atoms with E-state index in [1.165, 1.54) is 0 Å². The van der Waals surface area contributed by atoms with Crippen LogP contribution in [0.15, 0.2) is 42.7 Å². The molecule has 0 radical (unpaired) electrons. The van der Waals surface area contributed by atoms with Crippen LogP contribution in [0.1, 0.15) is 22.8 Å². The molecule has 82 valence electrons. The summed E-state index contributed by atoms with van der Waals surface area (Å²) >= 11 is 5.97. The fourth-order valence-corrected chi connectivity index (χ4v) is 1.77. The van der Waals surface area contributed by atoms with E-state index in [4.69, 9.17) is 11.6 Å². The van der Waals surface area contributed by atoms with Crippen LogP contribution in [0.25, 0.3) is 0 Å². The van der Waals surface area contributed by atoms with Gasteiger partial charge in [-0.2, -0.15) is 0 Å². The highest BCUT2D eigenvalue weighted by molar-refractivity contribution is 6.31. The Morgan fingerprint density at radius 3 is 2.56 bits per heavy atom. The molecule has 0 saturated heterocycles. The third-order valence-electron chi connectivity index (χ3n) is 2.60. The molecular formula is C13H12ClNO. The Morgan fingerprint density at radius 1 is 1.19 bits per heavy atom. The zero-order valence-electron chi connectivity index (χ0n) is 8.89. The minimum Gasteiger partial charge on any atom is -0.384 e. The van der Waals surface area contributed by atoms with Crippen LogP contribution in [0.3, 0.4) is 0 Å². The predicted molar refractivity (Wildman–Crippen MR) is 64.5 cm³/mol. The molecule has 1 unspecified atom stereocenters. The van der Waals surface area contributed by atoms with Crippen molar-refractivity contribution in [2.45, 2.75) is 13.0 Å². The molecule has 1 heterocycles. The number of hydrogen-bond acceptors (Lipinski definition) is 2. The van der Waals surface area contributed by atoms with E-state index >= 15 is 0 Å².